The maximum atomic E-state index is 13.9. The lowest BCUT2D eigenvalue weighted by molar-refractivity contribution is -0.134. The molecule has 3 aromatic rings. The van der Waals surface area contributed by atoms with Gasteiger partial charge < -0.3 is 14.8 Å². The van der Waals surface area contributed by atoms with Gasteiger partial charge in [0.1, 0.15) is 23.7 Å². The number of piperidine rings is 1. The molecule has 8 heteroatoms. The number of amides is 3. The molecule has 1 atom stereocenters. The van der Waals surface area contributed by atoms with Gasteiger partial charge in [-0.05, 0) is 61.7 Å². The Morgan fingerprint density at radius 3 is 2.44 bits per heavy atom. The zero-order valence-electron chi connectivity index (χ0n) is 20.3. The molecular formula is C28H32N4O4. The van der Waals surface area contributed by atoms with Crippen molar-refractivity contribution in [1.82, 2.24) is 20.1 Å². The molecule has 3 amide bonds. The van der Waals surface area contributed by atoms with Crippen LogP contribution in [0.15, 0.2) is 71.3 Å². The van der Waals surface area contributed by atoms with Crippen molar-refractivity contribution in [2.75, 3.05) is 19.6 Å². The van der Waals surface area contributed by atoms with Crippen LogP contribution in [0.5, 0.6) is 0 Å². The number of rotatable bonds is 9. The summed E-state index contributed by atoms with van der Waals surface area (Å²) in [5.41, 5.74) is 0.935. The summed E-state index contributed by atoms with van der Waals surface area (Å²) in [5, 5.41) is 12.4. The SMILES string of the molecule is O=C1NC(Cc2ccccc2)(C2CCN(Cc3ccc(CO)o3)CC2)C(=O)N1CCc1ccccn1. The second kappa shape index (κ2) is 10.6. The molecule has 2 N–H and O–H groups in total. The molecular weight excluding hydrogens is 456 g/mol. The zero-order chi connectivity index (χ0) is 25.0. The summed E-state index contributed by atoms with van der Waals surface area (Å²) in [6, 6.07) is 19.0. The van der Waals surface area contributed by atoms with Crippen molar-refractivity contribution in [2.24, 2.45) is 5.92 Å². The van der Waals surface area contributed by atoms with Crippen molar-refractivity contribution in [1.29, 1.82) is 0 Å². The lowest BCUT2D eigenvalue weighted by atomic mass is 9.74. The Bertz CT molecular complexity index is 1170. The van der Waals surface area contributed by atoms with E-state index >= 15 is 0 Å². The molecule has 8 nitrogen and oxygen atoms in total. The van der Waals surface area contributed by atoms with E-state index in [2.05, 4.69) is 15.2 Å². The highest BCUT2D eigenvalue weighted by Crippen LogP contribution is 2.37. The van der Waals surface area contributed by atoms with Crippen LogP contribution in [-0.2, 0) is 30.8 Å². The topological polar surface area (TPSA) is 98.9 Å². The third kappa shape index (κ3) is 5.05. The lowest BCUT2D eigenvalue weighted by Gasteiger charge is -2.41. The monoisotopic (exact) mass is 488 g/mol. The standard InChI is InChI=1S/C28H32N4O4/c33-20-25-10-9-24(36-25)19-31-15-11-22(12-16-31)28(18-21-6-2-1-3-7-21)26(34)32(27(35)30-28)17-13-23-8-4-5-14-29-23/h1-10,14,22,33H,11-13,15-20H2,(H,30,35). The van der Waals surface area contributed by atoms with E-state index in [1.807, 2.05) is 54.6 Å². The summed E-state index contributed by atoms with van der Waals surface area (Å²) in [5.74, 6) is 1.27. The summed E-state index contributed by atoms with van der Waals surface area (Å²) in [4.78, 5) is 35.1. The molecule has 2 saturated heterocycles. The van der Waals surface area contributed by atoms with Crippen LogP contribution < -0.4 is 5.32 Å². The van der Waals surface area contributed by atoms with Crippen LogP contribution in [0.3, 0.4) is 0 Å². The maximum Gasteiger partial charge on any atom is 0.325 e. The van der Waals surface area contributed by atoms with Gasteiger partial charge in [0.2, 0.25) is 0 Å². The van der Waals surface area contributed by atoms with Gasteiger partial charge >= 0.3 is 6.03 Å². The number of urea groups is 1. The number of aliphatic hydroxyl groups is 1. The van der Waals surface area contributed by atoms with Crippen LogP contribution in [-0.4, -0.2) is 57.0 Å². The van der Waals surface area contributed by atoms with Crippen molar-refractivity contribution < 1.29 is 19.1 Å². The number of nitrogens with one attached hydrogen (secondary N) is 1. The van der Waals surface area contributed by atoms with Gasteiger partial charge in [0, 0.05) is 31.3 Å². The first-order valence-electron chi connectivity index (χ1n) is 12.6. The van der Waals surface area contributed by atoms with Gasteiger partial charge in [0.05, 0.1) is 6.54 Å². The van der Waals surface area contributed by atoms with Gasteiger partial charge in [-0.15, -0.1) is 0 Å². The van der Waals surface area contributed by atoms with Crippen molar-refractivity contribution in [3.63, 3.8) is 0 Å². The molecule has 2 fully saturated rings. The van der Waals surface area contributed by atoms with Crippen LogP contribution in [0.1, 0.15) is 35.6 Å². The highest BCUT2D eigenvalue weighted by Gasteiger charge is 2.55. The number of carbonyl (C=O) groups excluding carboxylic acids is 2. The van der Waals surface area contributed by atoms with E-state index in [0.717, 1.165) is 42.9 Å². The van der Waals surface area contributed by atoms with Gasteiger partial charge in [-0.1, -0.05) is 36.4 Å². The van der Waals surface area contributed by atoms with Crippen LogP contribution >= 0.6 is 0 Å². The van der Waals surface area contributed by atoms with Crippen LogP contribution in [0, 0.1) is 5.92 Å². The third-order valence-corrected chi connectivity index (χ3v) is 7.38. The minimum atomic E-state index is -0.955. The van der Waals surface area contributed by atoms with E-state index in [1.165, 1.54) is 4.90 Å². The van der Waals surface area contributed by atoms with Crippen molar-refractivity contribution in [2.45, 2.75) is 44.4 Å². The van der Waals surface area contributed by atoms with E-state index in [4.69, 9.17) is 4.42 Å². The summed E-state index contributed by atoms with van der Waals surface area (Å²) >= 11 is 0. The van der Waals surface area contributed by atoms with E-state index < -0.39 is 5.54 Å². The summed E-state index contributed by atoms with van der Waals surface area (Å²) in [6.07, 6.45) is 4.31. The molecule has 0 bridgehead atoms. The van der Waals surface area contributed by atoms with E-state index in [1.54, 1.807) is 12.3 Å². The Morgan fingerprint density at radius 2 is 1.75 bits per heavy atom. The molecule has 0 saturated carbocycles. The largest absolute Gasteiger partial charge is 0.462 e. The Hall–Kier alpha value is -3.49. The van der Waals surface area contributed by atoms with E-state index in [9.17, 15) is 14.7 Å². The molecule has 36 heavy (non-hydrogen) atoms. The summed E-state index contributed by atoms with van der Waals surface area (Å²) in [7, 11) is 0. The maximum absolute atomic E-state index is 13.9. The number of hydrogen-bond donors (Lipinski definition) is 2. The molecule has 0 aliphatic carbocycles. The van der Waals surface area contributed by atoms with Crippen molar-refractivity contribution in [3.8, 4) is 0 Å². The first kappa shape index (κ1) is 24.2. The van der Waals surface area contributed by atoms with E-state index in [-0.39, 0.29) is 24.5 Å². The molecule has 2 aliphatic rings. The third-order valence-electron chi connectivity index (χ3n) is 7.38. The van der Waals surface area contributed by atoms with Gasteiger partial charge in [-0.3, -0.25) is 19.6 Å². The number of imide groups is 1. The molecule has 4 heterocycles. The zero-order valence-corrected chi connectivity index (χ0v) is 20.3. The molecule has 1 unspecified atom stereocenters. The normalized spacial score (nSPS) is 21.2. The Kier molecular flexibility index (Phi) is 7.16. The van der Waals surface area contributed by atoms with Gasteiger partial charge in [-0.25, -0.2) is 4.79 Å². The Balaban J connectivity index is 1.31. The average molecular weight is 489 g/mol. The molecule has 188 valence electrons. The number of pyridine rings is 1. The van der Waals surface area contributed by atoms with Crippen LogP contribution in [0.2, 0.25) is 0 Å². The minimum Gasteiger partial charge on any atom is -0.462 e. The number of benzene rings is 1. The summed E-state index contributed by atoms with van der Waals surface area (Å²) in [6.45, 7) is 2.46. The molecule has 2 aliphatic heterocycles. The number of furan rings is 1. The first-order valence-corrected chi connectivity index (χ1v) is 12.6. The number of carbonyl (C=O) groups is 2. The molecule has 2 aromatic heterocycles. The second-order valence-electron chi connectivity index (χ2n) is 9.67. The quantitative estimate of drug-likeness (QED) is 0.449. The smallest absolute Gasteiger partial charge is 0.325 e. The molecule has 0 radical (unpaired) electrons. The fourth-order valence-corrected chi connectivity index (χ4v) is 5.48. The van der Waals surface area contributed by atoms with Gasteiger partial charge in [-0.2, -0.15) is 0 Å². The second-order valence-corrected chi connectivity index (χ2v) is 9.67. The number of aromatic nitrogens is 1. The molecule has 5 rings (SSSR count). The first-order chi connectivity index (χ1) is 17.6. The number of nitrogens with zero attached hydrogens (tertiary/aromatic N) is 3. The van der Waals surface area contributed by atoms with Crippen molar-refractivity contribution >= 4 is 11.9 Å². The van der Waals surface area contributed by atoms with Crippen molar-refractivity contribution in [3.05, 3.63) is 89.6 Å². The number of likely N-dealkylation sites (tertiary alicyclic amines) is 1. The molecule has 1 aromatic carbocycles. The van der Waals surface area contributed by atoms with Crippen LogP contribution in [0.4, 0.5) is 4.79 Å². The average Bonchev–Trinajstić information content (AvgIpc) is 3.46. The minimum absolute atomic E-state index is 0.0230. The highest BCUT2D eigenvalue weighted by atomic mass is 16.4. The predicted octanol–water partition coefficient (Wildman–Crippen LogP) is 3.15. The summed E-state index contributed by atoms with van der Waals surface area (Å²) < 4.78 is 5.66. The van der Waals surface area contributed by atoms with Crippen LogP contribution in [0.25, 0.3) is 0 Å². The lowest BCUT2D eigenvalue weighted by Crippen LogP contribution is -2.57. The van der Waals surface area contributed by atoms with Gasteiger partial charge in [0.15, 0.2) is 0 Å². The number of aliphatic hydroxyl groups excluding tert-OH is 1. The Labute approximate surface area is 210 Å². The Morgan fingerprint density at radius 1 is 1.00 bits per heavy atom. The van der Waals surface area contributed by atoms with E-state index in [0.29, 0.717) is 31.7 Å². The predicted molar refractivity (Wildman–Crippen MR) is 134 cm³/mol. The number of hydrogen-bond acceptors (Lipinski definition) is 6. The highest BCUT2D eigenvalue weighted by molar-refractivity contribution is 6.07. The fraction of sp³-hybridized carbons (Fsp3) is 0.393. The molecule has 0 spiro atoms. The van der Waals surface area contributed by atoms with Gasteiger partial charge in [0.25, 0.3) is 5.91 Å². The fourth-order valence-electron chi connectivity index (χ4n) is 5.48.